The van der Waals surface area contributed by atoms with Crippen molar-refractivity contribution in [2.45, 2.75) is 10.2 Å². The van der Waals surface area contributed by atoms with E-state index in [0.717, 1.165) is 27.0 Å². The predicted molar refractivity (Wildman–Crippen MR) is 73.2 cm³/mol. The number of nitrogens with zero attached hydrogens (tertiary/aromatic N) is 3. The van der Waals surface area contributed by atoms with Gasteiger partial charge >= 0.3 is 0 Å². The normalized spacial score (nSPS) is 10.8. The summed E-state index contributed by atoms with van der Waals surface area (Å²) in [5, 5.41) is 1.50. The van der Waals surface area contributed by atoms with Crippen LogP contribution in [0.1, 0.15) is 0 Å². The van der Waals surface area contributed by atoms with Crippen molar-refractivity contribution in [2.24, 2.45) is 0 Å². The monoisotopic (exact) mass is 273 g/mol. The molecule has 2 heterocycles. The number of nitrogen functional groups attached to an aromatic ring is 1. The Hall–Kier alpha value is -2.28. The third kappa shape index (κ3) is 2.45. The SMILES string of the molecule is COc1ccc2nc(Sc3cc(N)ncn3)[nH]c2c1. The molecule has 3 aromatic rings. The molecular formula is C12H11N5OS. The van der Waals surface area contributed by atoms with Crippen molar-refractivity contribution in [3.63, 3.8) is 0 Å². The molecule has 0 aliphatic carbocycles. The lowest BCUT2D eigenvalue weighted by molar-refractivity contribution is 0.415. The second-order valence-electron chi connectivity index (χ2n) is 3.81. The maximum Gasteiger partial charge on any atom is 0.172 e. The Bertz CT molecular complexity index is 727. The topological polar surface area (TPSA) is 89.7 Å². The molecule has 7 heteroatoms. The molecule has 0 atom stereocenters. The van der Waals surface area contributed by atoms with Crippen LogP contribution in [0.4, 0.5) is 5.82 Å². The van der Waals surface area contributed by atoms with E-state index in [4.69, 9.17) is 10.5 Å². The summed E-state index contributed by atoms with van der Waals surface area (Å²) in [5.41, 5.74) is 7.41. The van der Waals surface area contributed by atoms with Crippen molar-refractivity contribution < 1.29 is 4.74 Å². The van der Waals surface area contributed by atoms with Gasteiger partial charge in [-0.15, -0.1) is 0 Å². The van der Waals surface area contributed by atoms with E-state index in [1.807, 2.05) is 18.2 Å². The number of nitrogens with one attached hydrogen (secondary N) is 1. The zero-order chi connectivity index (χ0) is 13.2. The maximum atomic E-state index is 5.61. The van der Waals surface area contributed by atoms with Gasteiger partial charge in [-0.05, 0) is 23.9 Å². The third-order valence-corrected chi connectivity index (χ3v) is 3.35. The van der Waals surface area contributed by atoms with Gasteiger partial charge in [0.25, 0.3) is 0 Å². The second-order valence-corrected chi connectivity index (χ2v) is 4.82. The number of ether oxygens (including phenoxy) is 1. The van der Waals surface area contributed by atoms with Crippen LogP contribution in [0.15, 0.2) is 40.8 Å². The zero-order valence-electron chi connectivity index (χ0n) is 10.1. The predicted octanol–water partition coefficient (Wildman–Crippen LogP) is 2.09. The van der Waals surface area contributed by atoms with E-state index in [1.54, 1.807) is 13.2 Å². The molecule has 3 rings (SSSR count). The molecule has 0 saturated carbocycles. The largest absolute Gasteiger partial charge is 0.497 e. The number of fused-ring (bicyclic) bond motifs is 1. The van der Waals surface area contributed by atoms with Crippen LogP contribution in [0.3, 0.4) is 0 Å². The number of nitrogens with two attached hydrogens (primary N) is 1. The van der Waals surface area contributed by atoms with E-state index >= 15 is 0 Å². The van der Waals surface area contributed by atoms with Gasteiger partial charge in [0.1, 0.15) is 22.9 Å². The number of H-pyrrole nitrogens is 1. The van der Waals surface area contributed by atoms with Gasteiger partial charge in [0.05, 0.1) is 18.1 Å². The minimum absolute atomic E-state index is 0.440. The van der Waals surface area contributed by atoms with Crippen molar-refractivity contribution in [1.29, 1.82) is 0 Å². The molecule has 0 radical (unpaired) electrons. The number of anilines is 1. The fraction of sp³-hybridized carbons (Fsp3) is 0.0833. The fourth-order valence-electron chi connectivity index (χ4n) is 1.65. The van der Waals surface area contributed by atoms with Crippen LogP contribution in [0.25, 0.3) is 11.0 Å². The smallest absolute Gasteiger partial charge is 0.172 e. The molecule has 0 amide bonds. The summed E-state index contributed by atoms with van der Waals surface area (Å²) in [7, 11) is 1.64. The highest BCUT2D eigenvalue weighted by molar-refractivity contribution is 7.99. The number of aromatic nitrogens is 4. The van der Waals surface area contributed by atoms with Gasteiger partial charge in [-0.25, -0.2) is 15.0 Å². The summed E-state index contributed by atoms with van der Waals surface area (Å²) in [6.07, 6.45) is 1.43. The van der Waals surface area contributed by atoms with Crippen molar-refractivity contribution in [3.8, 4) is 5.75 Å². The Morgan fingerprint density at radius 1 is 1.26 bits per heavy atom. The average Bonchev–Trinajstić information content (AvgIpc) is 2.79. The quantitative estimate of drug-likeness (QED) is 0.710. The molecule has 0 bridgehead atoms. The minimum Gasteiger partial charge on any atom is -0.497 e. The van der Waals surface area contributed by atoms with E-state index in [9.17, 15) is 0 Å². The van der Waals surface area contributed by atoms with Crippen molar-refractivity contribution in [2.75, 3.05) is 12.8 Å². The molecule has 0 unspecified atom stereocenters. The lowest BCUT2D eigenvalue weighted by Crippen LogP contribution is -1.91. The Morgan fingerprint density at radius 3 is 2.95 bits per heavy atom. The first kappa shape index (κ1) is 11.8. The molecule has 3 N–H and O–H groups in total. The molecule has 0 spiro atoms. The van der Waals surface area contributed by atoms with Crippen molar-refractivity contribution in [3.05, 3.63) is 30.6 Å². The summed E-state index contributed by atoms with van der Waals surface area (Å²) in [6.45, 7) is 0. The molecule has 6 nitrogen and oxygen atoms in total. The summed E-state index contributed by atoms with van der Waals surface area (Å²) in [4.78, 5) is 15.7. The van der Waals surface area contributed by atoms with Gasteiger partial charge in [-0.2, -0.15) is 0 Å². The minimum atomic E-state index is 0.440. The van der Waals surface area contributed by atoms with Crippen LogP contribution in [0.5, 0.6) is 5.75 Å². The first-order chi connectivity index (χ1) is 9.24. The molecule has 0 saturated heterocycles. The summed E-state index contributed by atoms with van der Waals surface area (Å²) >= 11 is 1.40. The number of imidazole rings is 1. The van der Waals surface area contributed by atoms with Gasteiger partial charge in [0.2, 0.25) is 0 Å². The van der Waals surface area contributed by atoms with Crippen LogP contribution < -0.4 is 10.5 Å². The molecule has 96 valence electrons. The van der Waals surface area contributed by atoms with Crippen LogP contribution in [0.2, 0.25) is 0 Å². The lowest BCUT2D eigenvalue weighted by Gasteiger charge is -1.97. The molecule has 0 fully saturated rings. The molecule has 0 aliphatic heterocycles. The van der Waals surface area contributed by atoms with Gasteiger partial charge in [-0.3, -0.25) is 0 Å². The number of rotatable bonds is 3. The van der Waals surface area contributed by atoms with E-state index in [2.05, 4.69) is 19.9 Å². The summed E-state index contributed by atoms with van der Waals surface area (Å²) in [6, 6.07) is 7.39. The Balaban J connectivity index is 1.93. The van der Waals surface area contributed by atoms with Gasteiger partial charge in [-0.1, -0.05) is 0 Å². The molecule has 19 heavy (non-hydrogen) atoms. The van der Waals surface area contributed by atoms with E-state index in [-0.39, 0.29) is 0 Å². The van der Waals surface area contributed by atoms with Crippen molar-refractivity contribution in [1.82, 2.24) is 19.9 Å². The first-order valence-corrected chi connectivity index (χ1v) is 6.35. The highest BCUT2D eigenvalue weighted by atomic mass is 32.2. The van der Waals surface area contributed by atoms with E-state index < -0.39 is 0 Å². The van der Waals surface area contributed by atoms with Gasteiger partial charge in [0, 0.05) is 12.1 Å². The Morgan fingerprint density at radius 2 is 2.16 bits per heavy atom. The van der Waals surface area contributed by atoms with E-state index in [1.165, 1.54) is 18.1 Å². The van der Waals surface area contributed by atoms with E-state index in [0.29, 0.717) is 5.82 Å². The lowest BCUT2D eigenvalue weighted by atomic mass is 10.3. The average molecular weight is 273 g/mol. The first-order valence-electron chi connectivity index (χ1n) is 5.54. The van der Waals surface area contributed by atoms with Crippen LogP contribution in [-0.2, 0) is 0 Å². The number of methoxy groups -OCH3 is 1. The highest BCUT2D eigenvalue weighted by Crippen LogP contribution is 2.27. The summed E-state index contributed by atoms with van der Waals surface area (Å²) in [5.74, 6) is 1.23. The fourth-order valence-corrected chi connectivity index (χ4v) is 2.43. The van der Waals surface area contributed by atoms with Crippen LogP contribution in [0, 0.1) is 0 Å². The van der Waals surface area contributed by atoms with Crippen LogP contribution >= 0.6 is 11.8 Å². The Labute approximate surface area is 113 Å². The summed E-state index contributed by atoms with van der Waals surface area (Å²) < 4.78 is 5.17. The zero-order valence-corrected chi connectivity index (χ0v) is 10.9. The highest BCUT2D eigenvalue weighted by Gasteiger charge is 2.07. The number of hydrogen-bond donors (Lipinski definition) is 2. The number of aromatic amines is 1. The second kappa shape index (κ2) is 4.77. The molecule has 2 aromatic heterocycles. The molecule has 0 aliphatic rings. The third-order valence-electron chi connectivity index (χ3n) is 2.53. The number of hydrogen-bond acceptors (Lipinski definition) is 6. The van der Waals surface area contributed by atoms with Crippen LogP contribution in [-0.4, -0.2) is 27.0 Å². The maximum absolute atomic E-state index is 5.61. The van der Waals surface area contributed by atoms with Gasteiger partial charge < -0.3 is 15.5 Å². The molecule has 1 aromatic carbocycles. The standard InChI is InChI=1S/C12H11N5OS/c1-18-7-2-3-8-9(4-7)17-12(16-8)19-11-5-10(13)14-6-15-11/h2-6H,1H3,(H,16,17)(H2,13,14,15). The van der Waals surface area contributed by atoms with Crippen molar-refractivity contribution >= 4 is 28.6 Å². The Kier molecular flexibility index (Phi) is 2.96. The molecular weight excluding hydrogens is 262 g/mol. The van der Waals surface area contributed by atoms with Gasteiger partial charge in [0.15, 0.2) is 5.16 Å². The number of benzene rings is 1.